The van der Waals surface area contributed by atoms with Crippen LogP contribution in [0.2, 0.25) is 5.02 Å². The van der Waals surface area contributed by atoms with Crippen LogP contribution in [0.4, 0.5) is 11.4 Å². The van der Waals surface area contributed by atoms with Gasteiger partial charge in [-0.2, -0.15) is 5.10 Å². The molecule has 1 aliphatic rings. The number of aryl methyl sites for hydroxylation is 1. The zero-order valence-corrected chi connectivity index (χ0v) is 18.7. The number of likely N-dealkylation sites (N-methyl/N-ethyl adjacent to an activating group) is 1. The molecule has 1 fully saturated rings. The van der Waals surface area contributed by atoms with Crippen molar-refractivity contribution in [3.8, 4) is 11.5 Å². The Morgan fingerprint density at radius 1 is 1.00 bits per heavy atom. The third-order valence-electron chi connectivity index (χ3n) is 5.34. The summed E-state index contributed by atoms with van der Waals surface area (Å²) >= 11 is 5.93. The van der Waals surface area contributed by atoms with E-state index in [9.17, 15) is 9.59 Å². The molecular weight excluding hydrogens is 430 g/mol. The Morgan fingerprint density at radius 3 is 2.31 bits per heavy atom. The van der Waals surface area contributed by atoms with Gasteiger partial charge in [-0.1, -0.05) is 11.6 Å². The number of rotatable bonds is 5. The van der Waals surface area contributed by atoms with Crippen molar-refractivity contribution in [2.24, 2.45) is 7.05 Å². The van der Waals surface area contributed by atoms with Gasteiger partial charge in [-0.3, -0.25) is 9.59 Å². The quantitative estimate of drug-likeness (QED) is 0.638. The van der Waals surface area contributed by atoms with Crippen LogP contribution in [0.1, 0.15) is 10.4 Å². The highest BCUT2D eigenvalue weighted by atomic mass is 35.5. The Kier molecular flexibility index (Phi) is 6.43. The number of hydrogen-bond acceptors (Lipinski definition) is 6. The van der Waals surface area contributed by atoms with Crippen molar-refractivity contribution >= 4 is 28.9 Å². The number of carbonyl (C=O) groups is 1. The fourth-order valence-electron chi connectivity index (χ4n) is 3.38. The number of halogens is 1. The molecule has 0 atom stereocenters. The molecule has 1 saturated heterocycles. The largest absolute Gasteiger partial charge is 0.453 e. The normalized spacial score (nSPS) is 14.3. The molecule has 2 heterocycles. The first-order chi connectivity index (χ1) is 15.4. The molecule has 1 N–H and O–H groups in total. The van der Waals surface area contributed by atoms with Crippen LogP contribution in [0.25, 0.3) is 0 Å². The summed E-state index contributed by atoms with van der Waals surface area (Å²) in [5, 5.41) is 7.74. The molecule has 0 aliphatic carbocycles. The van der Waals surface area contributed by atoms with E-state index < -0.39 is 0 Å². The van der Waals surface area contributed by atoms with Crippen LogP contribution in [-0.4, -0.2) is 58.7 Å². The van der Waals surface area contributed by atoms with E-state index in [1.807, 2.05) is 4.90 Å². The number of piperazine rings is 1. The van der Waals surface area contributed by atoms with Crippen LogP contribution < -0.4 is 15.6 Å². The molecule has 0 saturated carbocycles. The number of nitrogens with zero attached hydrogens (tertiary/aromatic N) is 4. The Hall–Kier alpha value is -3.36. The first kappa shape index (κ1) is 21.9. The second-order valence-electron chi connectivity index (χ2n) is 7.67. The second-order valence-corrected chi connectivity index (χ2v) is 8.10. The van der Waals surface area contributed by atoms with Gasteiger partial charge in [0.2, 0.25) is 0 Å². The van der Waals surface area contributed by atoms with Gasteiger partial charge in [0, 0.05) is 49.5 Å². The van der Waals surface area contributed by atoms with E-state index in [2.05, 4.69) is 22.4 Å². The number of ether oxygens (including phenoxy) is 1. The van der Waals surface area contributed by atoms with Gasteiger partial charge in [-0.25, -0.2) is 4.68 Å². The minimum atomic E-state index is -0.339. The summed E-state index contributed by atoms with van der Waals surface area (Å²) in [6, 6.07) is 13.9. The molecule has 3 aromatic rings. The van der Waals surface area contributed by atoms with E-state index in [4.69, 9.17) is 16.3 Å². The van der Waals surface area contributed by atoms with Crippen molar-refractivity contribution in [1.82, 2.24) is 19.6 Å². The predicted octanol–water partition coefficient (Wildman–Crippen LogP) is 3.36. The van der Waals surface area contributed by atoms with E-state index in [1.54, 1.807) is 55.6 Å². The van der Waals surface area contributed by atoms with Crippen LogP contribution in [0.5, 0.6) is 11.5 Å². The maximum absolute atomic E-state index is 12.8. The highest BCUT2D eigenvalue weighted by molar-refractivity contribution is 6.30. The first-order valence-corrected chi connectivity index (χ1v) is 10.6. The molecule has 0 radical (unpaired) electrons. The van der Waals surface area contributed by atoms with Gasteiger partial charge in [0.15, 0.2) is 11.4 Å². The standard InChI is InChI=1S/C23H24ClN5O3/c1-27-11-13-29(14-12-27)22(30)16-3-7-18(8-4-16)26-21-20(15-25-28(2)23(21)31)32-19-9-5-17(24)6-10-19/h3-10,15,26H,11-14H2,1-2H3. The monoisotopic (exact) mass is 453 g/mol. The SMILES string of the molecule is CN1CCN(C(=O)c2ccc(Nc3c(Oc4ccc(Cl)cc4)cnn(C)c3=O)cc2)CC1. The average molecular weight is 454 g/mol. The van der Waals surface area contributed by atoms with Crippen LogP contribution in [0.15, 0.2) is 59.5 Å². The van der Waals surface area contributed by atoms with Crippen LogP contribution >= 0.6 is 11.6 Å². The second kappa shape index (κ2) is 9.42. The molecule has 9 heteroatoms. The fourth-order valence-corrected chi connectivity index (χ4v) is 3.50. The van der Waals surface area contributed by atoms with Crippen LogP contribution in [0, 0.1) is 0 Å². The molecule has 1 aliphatic heterocycles. The van der Waals surface area contributed by atoms with Crippen molar-refractivity contribution in [2.75, 3.05) is 38.5 Å². The summed E-state index contributed by atoms with van der Waals surface area (Å²) in [6.45, 7) is 3.17. The van der Waals surface area contributed by atoms with Gasteiger partial charge >= 0.3 is 0 Å². The fraction of sp³-hybridized carbons (Fsp3) is 0.261. The predicted molar refractivity (Wildman–Crippen MR) is 124 cm³/mol. The lowest BCUT2D eigenvalue weighted by Crippen LogP contribution is -2.47. The molecule has 8 nitrogen and oxygen atoms in total. The molecule has 1 aromatic heterocycles. The molecule has 32 heavy (non-hydrogen) atoms. The Morgan fingerprint density at radius 2 is 1.66 bits per heavy atom. The minimum Gasteiger partial charge on any atom is -0.453 e. The van der Waals surface area contributed by atoms with Crippen LogP contribution in [-0.2, 0) is 7.05 Å². The molecule has 0 spiro atoms. The topological polar surface area (TPSA) is 79.7 Å². The Bertz CT molecular complexity index is 1150. The van der Waals surface area contributed by atoms with Gasteiger partial charge in [-0.15, -0.1) is 0 Å². The molecular formula is C23H24ClN5O3. The smallest absolute Gasteiger partial charge is 0.294 e. The number of anilines is 2. The van der Waals surface area contributed by atoms with E-state index in [-0.39, 0.29) is 22.9 Å². The zero-order chi connectivity index (χ0) is 22.7. The van der Waals surface area contributed by atoms with Crippen molar-refractivity contribution in [3.63, 3.8) is 0 Å². The van der Waals surface area contributed by atoms with Gasteiger partial charge in [0.05, 0.1) is 6.20 Å². The van der Waals surface area contributed by atoms with Crippen molar-refractivity contribution < 1.29 is 9.53 Å². The van der Waals surface area contributed by atoms with Gasteiger partial charge in [0.25, 0.3) is 11.5 Å². The lowest BCUT2D eigenvalue weighted by molar-refractivity contribution is 0.0664. The number of carbonyl (C=O) groups excluding carboxylic acids is 1. The molecule has 4 rings (SSSR count). The summed E-state index contributed by atoms with van der Waals surface area (Å²) in [7, 11) is 3.62. The number of benzene rings is 2. The average Bonchev–Trinajstić information content (AvgIpc) is 2.80. The molecule has 2 aromatic carbocycles. The lowest BCUT2D eigenvalue weighted by atomic mass is 10.1. The maximum atomic E-state index is 12.8. The first-order valence-electron chi connectivity index (χ1n) is 10.3. The summed E-state index contributed by atoms with van der Waals surface area (Å²) in [6.07, 6.45) is 1.48. The minimum absolute atomic E-state index is 0.0104. The van der Waals surface area contributed by atoms with E-state index in [0.717, 1.165) is 13.1 Å². The van der Waals surface area contributed by atoms with Gasteiger partial charge in [-0.05, 0) is 55.6 Å². The maximum Gasteiger partial charge on any atom is 0.294 e. The number of amides is 1. The summed E-state index contributed by atoms with van der Waals surface area (Å²) in [4.78, 5) is 29.5. The molecule has 0 bridgehead atoms. The molecule has 0 unspecified atom stereocenters. The highest BCUT2D eigenvalue weighted by Gasteiger charge is 2.20. The Balaban J connectivity index is 1.53. The van der Waals surface area contributed by atoms with Crippen molar-refractivity contribution in [3.05, 3.63) is 75.7 Å². The van der Waals surface area contributed by atoms with Gasteiger partial charge in [0.1, 0.15) is 5.75 Å². The molecule has 166 valence electrons. The molecule has 1 amide bonds. The summed E-state index contributed by atoms with van der Waals surface area (Å²) in [5.41, 5.74) is 1.18. The zero-order valence-electron chi connectivity index (χ0n) is 17.9. The number of hydrogen-bond donors (Lipinski definition) is 1. The lowest BCUT2D eigenvalue weighted by Gasteiger charge is -2.32. The van der Waals surface area contributed by atoms with Crippen LogP contribution in [0.3, 0.4) is 0 Å². The highest BCUT2D eigenvalue weighted by Crippen LogP contribution is 2.29. The number of nitrogens with one attached hydrogen (secondary N) is 1. The Labute approximate surface area is 191 Å². The van der Waals surface area contributed by atoms with Gasteiger partial charge < -0.3 is 19.9 Å². The van der Waals surface area contributed by atoms with E-state index in [0.29, 0.717) is 35.1 Å². The van der Waals surface area contributed by atoms with E-state index >= 15 is 0 Å². The third kappa shape index (κ3) is 4.92. The summed E-state index contributed by atoms with van der Waals surface area (Å²) in [5.74, 6) is 0.824. The van der Waals surface area contributed by atoms with Crippen molar-refractivity contribution in [2.45, 2.75) is 0 Å². The van der Waals surface area contributed by atoms with Crippen molar-refractivity contribution in [1.29, 1.82) is 0 Å². The third-order valence-corrected chi connectivity index (χ3v) is 5.59. The summed E-state index contributed by atoms with van der Waals surface area (Å²) < 4.78 is 7.09. The van der Waals surface area contributed by atoms with E-state index in [1.165, 1.54) is 10.9 Å². The number of aromatic nitrogens is 2.